The number of aliphatic hydroxyl groups is 1. The van der Waals surface area contributed by atoms with E-state index in [9.17, 15) is 4.79 Å². The molecule has 0 aromatic heterocycles. The average Bonchev–Trinajstić information content (AvgIpc) is 2.67. The van der Waals surface area contributed by atoms with Gasteiger partial charge in [-0.15, -0.1) is 11.8 Å². The second-order valence-corrected chi connectivity index (χ2v) is 5.64. The van der Waals surface area contributed by atoms with Crippen LogP contribution in [0.1, 0.15) is 19.3 Å². The minimum Gasteiger partial charge on any atom is -0.396 e. The van der Waals surface area contributed by atoms with E-state index in [1.54, 1.807) is 0 Å². The lowest BCUT2D eigenvalue weighted by Crippen LogP contribution is -2.53. The summed E-state index contributed by atoms with van der Waals surface area (Å²) in [5.41, 5.74) is 0. The van der Waals surface area contributed by atoms with Gasteiger partial charge >= 0.3 is 0 Å². The standard InChI is InChI=1S/C10H18N2O2S/c13-6-2-9(14)12-5-1-3-10(8-12)11-4-7-15-10/h11,13H,1-8H2. The third-order valence-corrected chi connectivity index (χ3v) is 4.50. The number of hydrogen-bond donors (Lipinski definition) is 2. The molecule has 0 aliphatic carbocycles. The van der Waals surface area contributed by atoms with E-state index >= 15 is 0 Å². The Labute approximate surface area is 94.4 Å². The van der Waals surface area contributed by atoms with Crippen LogP contribution >= 0.6 is 11.8 Å². The van der Waals surface area contributed by atoms with Crippen LogP contribution in [0.2, 0.25) is 0 Å². The van der Waals surface area contributed by atoms with Gasteiger partial charge in [-0.2, -0.15) is 0 Å². The molecule has 2 rings (SSSR count). The second kappa shape index (κ2) is 4.72. The molecular formula is C10H18N2O2S. The van der Waals surface area contributed by atoms with Crippen LogP contribution in [-0.4, -0.2) is 52.8 Å². The van der Waals surface area contributed by atoms with E-state index in [-0.39, 0.29) is 23.8 Å². The highest BCUT2D eigenvalue weighted by Crippen LogP contribution is 2.35. The molecule has 4 nitrogen and oxygen atoms in total. The lowest BCUT2D eigenvalue weighted by atomic mass is 10.0. The third-order valence-electron chi connectivity index (χ3n) is 3.06. The van der Waals surface area contributed by atoms with Crippen LogP contribution in [0.4, 0.5) is 0 Å². The number of amides is 1. The molecule has 2 N–H and O–H groups in total. The molecule has 86 valence electrons. The van der Waals surface area contributed by atoms with E-state index in [1.165, 1.54) is 0 Å². The molecule has 2 aliphatic heterocycles. The van der Waals surface area contributed by atoms with E-state index in [4.69, 9.17) is 5.11 Å². The van der Waals surface area contributed by atoms with E-state index in [1.807, 2.05) is 16.7 Å². The highest BCUT2D eigenvalue weighted by atomic mass is 32.2. The van der Waals surface area contributed by atoms with Gasteiger partial charge in [0.15, 0.2) is 0 Å². The summed E-state index contributed by atoms with van der Waals surface area (Å²) >= 11 is 1.94. The lowest BCUT2D eigenvalue weighted by molar-refractivity contribution is -0.133. The molecule has 15 heavy (non-hydrogen) atoms. The van der Waals surface area contributed by atoms with Crippen LogP contribution in [0.3, 0.4) is 0 Å². The zero-order valence-electron chi connectivity index (χ0n) is 8.87. The SMILES string of the molecule is O=C(CCO)N1CCCC2(C1)NCCS2. The van der Waals surface area contributed by atoms with E-state index in [0.29, 0.717) is 0 Å². The van der Waals surface area contributed by atoms with Gasteiger partial charge < -0.3 is 15.3 Å². The number of aliphatic hydroxyl groups excluding tert-OH is 1. The first kappa shape index (κ1) is 11.2. The van der Waals surface area contributed by atoms with Crippen LogP contribution in [0.5, 0.6) is 0 Å². The summed E-state index contributed by atoms with van der Waals surface area (Å²) in [6.07, 6.45) is 2.48. The molecule has 1 atom stereocenters. The maximum Gasteiger partial charge on any atom is 0.224 e. The molecule has 0 radical (unpaired) electrons. The van der Waals surface area contributed by atoms with Gasteiger partial charge in [0.05, 0.1) is 11.5 Å². The number of likely N-dealkylation sites (tertiary alicyclic amines) is 1. The largest absolute Gasteiger partial charge is 0.396 e. The quantitative estimate of drug-likeness (QED) is 0.702. The molecule has 1 amide bonds. The first-order chi connectivity index (χ1) is 7.26. The van der Waals surface area contributed by atoms with Crippen molar-refractivity contribution in [3.63, 3.8) is 0 Å². The van der Waals surface area contributed by atoms with Crippen molar-refractivity contribution in [1.82, 2.24) is 10.2 Å². The number of nitrogens with one attached hydrogen (secondary N) is 1. The highest BCUT2D eigenvalue weighted by molar-refractivity contribution is 8.00. The first-order valence-electron chi connectivity index (χ1n) is 5.53. The minimum atomic E-state index is -0.0388. The predicted molar refractivity (Wildman–Crippen MR) is 60.7 cm³/mol. The van der Waals surface area contributed by atoms with Gasteiger partial charge in [-0.3, -0.25) is 4.79 Å². The summed E-state index contributed by atoms with van der Waals surface area (Å²) in [5, 5.41) is 12.3. The predicted octanol–water partition coefficient (Wildman–Crippen LogP) is 0.0239. The Morgan fingerprint density at radius 1 is 1.60 bits per heavy atom. The van der Waals surface area contributed by atoms with Crippen LogP contribution < -0.4 is 5.32 Å². The molecule has 5 heteroatoms. The van der Waals surface area contributed by atoms with Gasteiger partial charge in [0, 0.05) is 31.8 Å². The number of rotatable bonds is 2. The van der Waals surface area contributed by atoms with Gasteiger partial charge in [-0.05, 0) is 12.8 Å². The molecular weight excluding hydrogens is 212 g/mol. The number of piperidine rings is 1. The van der Waals surface area contributed by atoms with Crippen molar-refractivity contribution in [1.29, 1.82) is 0 Å². The Morgan fingerprint density at radius 2 is 2.47 bits per heavy atom. The average molecular weight is 230 g/mol. The van der Waals surface area contributed by atoms with Crippen LogP contribution in [-0.2, 0) is 4.79 Å². The van der Waals surface area contributed by atoms with Crippen molar-refractivity contribution in [2.75, 3.05) is 32.0 Å². The summed E-state index contributed by atoms with van der Waals surface area (Å²) in [6.45, 7) is 2.66. The van der Waals surface area contributed by atoms with Gasteiger partial charge in [-0.25, -0.2) is 0 Å². The van der Waals surface area contributed by atoms with Crippen molar-refractivity contribution in [2.24, 2.45) is 0 Å². The van der Waals surface area contributed by atoms with Crippen molar-refractivity contribution < 1.29 is 9.90 Å². The molecule has 1 unspecified atom stereocenters. The number of carbonyl (C=O) groups excluding carboxylic acids is 1. The number of thioether (sulfide) groups is 1. The summed E-state index contributed by atoms with van der Waals surface area (Å²) in [7, 11) is 0. The number of carbonyl (C=O) groups is 1. The van der Waals surface area contributed by atoms with Crippen molar-refractivity contribution >= 4 is 17.7 Å². The molecule has 0 aromatic carbocycles. The fourth-order valence-corrected chi connectivity index (χ4v) is 3.66. The summed E-state index contributed by atoms with van der Waals surface area (Å²) in [5.74, 6) is 1.23. The zero-order chi connectivity index (χ0) is 10.7. The molecule has 0 aromatic rings. The van der Waals surface area contributed by atoms with Gasteiger partial charge in [0.25, 0.3) is 0 Å². The van der Waals surface area contributed by atoms with Crippen LogP contribution in [0.25, 0.3) is 0 Å². The smallest absolute Gasteiger partial charge is 0.224 e. The fraction of sp³-hybridized carbons (Fsp3) is 0.900. The van der Waals surface area contributed by atoms with Gasteiger partial charge in [0.2, 0.25) is 5.91 Å². The molecule has 1 spiro atoms. The normalized spacial score (nSPS) is 31.1. The summed E-state index contributed by atoms with van der Waals surface area (Å²) in [6, 6.07) is 0. The van der Waals surface area contributed by atoms with Crippen LogP contribution in [0.15, 0.2) is 0 Å². The highest BCUT2D eigenvalue weighted by Gasteiger charge is 2.39. The number of nitrogens with zero attached hydrogens (tertiary/aromatic N) is 1. The number of hydrogen-bond acceptors (Lipinski definition) is 4. The van der Waals surface area contributed by atoms with Crippen LogP contribution in [0, 0.1) is 0 Å². The lowest BCUT2D eigenvalue weighted by Gasteiger charge is -2.39. The van der Waals surface area contributed by atoms with Gasteiger partial charge in [-0.1, -0.05) is 0 Å². The van der Waals surface area contributed by atoms with Crippen molar-refractivity contribution in [2.45, 2.75) is 24.1 Å². The van der Waals surface area contributed by atoms with E-state index < -0.39 is 0 Å². The first-order valence-corrected chi connectivity index (χ1v) is 6.52. The Kier molecular flexibility index (Phi) is 3.53. The Hall–Kier alpha value is -0.260. The molecule has 2 heterocycles. The zero-order valence-corrected chi connectivity index (χ0v) is 9.68. The Bertz CT molecular complexity index is 242. The Balaban J connectivity index is 1.94. The monoisotopic (exact) mass is 230 g/mol. The van der Waals surface area contributed by atoms with Crippen molar-refractivity contribution in [3.05, 3.63) is 0 Å². The van der Waals surface area contributed by atoms with E-state index in [2.05, 4.69) is 5.32 Å². The maximum atomic E-state index is 11.7. The summed E-state index contributed by atoms with van der Waals surface area (Å²) in [4.78, 5) is 13.7. The third kappa shape index (κ3) is 2.46. The molecule has 2 saturated heterocycles. The maximum absolute atomic E-state index is 11.7. The topological polar surface area (TPSA) is 52.6 Å². The molecule has 2 fully saturated rings. The Morgan fingerprint density at radius 3 is 3.13 bits per heavy atom. The molecule has 0 bridgehead atoms. The second-order valence-electron chi connectivity index (χ2n) is 4.16. The van der Waals surface area contributed by atoms with E-state index in [0.717, 1.165) is 38.2 Å². The minimum absolute atomic E-state index is 0.0388. The summed E-state index contributed by atoms with van der Waals surface area (Å²) < 4.78 is 0. The van der Waals surface area contributed by atoms with Crippen molar-refractivity contribution in [3.8, 4) is 0 Å². The molecule has 0 saturated carbocycles. The fourth-order valence-electron chi connectivity index (χ4n) is 2.33. The molecule has 2 aliphatic rings. The van der Waals surface area contributed by atoms with Gasteiger partial charge in [0.1, 0.15) is 0 Å².